The summed E-state index contributed by atoms with van der Waals surface area (Å²) in [5.74, 6) is 0.985. The van der Waals surface area contributed by atoms with Gasteiger partial charge in [-0.3, -0.25) is 4.90 Å². The summed E-state index contributed by atoms with van der Waals surface area (Å²) in [5.41, 5.74) is 0.938. The zero-order valence-electron chi connectivity index (χ0n) is 14.4. The van der Waals surface area contributed by atoms with Gasteiger partial charge in [-0.25, -0.2) is 0 Å². The van der Waals surface area contributed by atoms with Gasteiger partial charge in [-0.05, 0) is 60.0 Å². The maximum atomic E-state index is 5.50. The fraction of sp³-hybridized carbons (Fsp3) is 0.556. The molecule has 1 atom stereocenters. The van der Waals surface area contributed by atoms with E-state index in [0.717, 1.165) is 65.9 Å². The van der Waals surface area contributed by atoms with E-state index in [1.165, 1.54) is 0 Å². The van der Waals surface area contributed by atoms with E-state index >= 15 is 0 Å². The van der Waals surface area contributed by atoms with Gasteiger partial charge in [0.1, 0.15) is 5.69 Å². The van der Waals surface area contributed by atoms with Crippen LogP contribution in [0.4, 0.5) is 5.82 Å². The van der Waals surface area contributed by atoms with Crippen molar-refractivity contribution in [1.29, 1.82) is 0 Å². The molecule has 7 heteroatoms. The smallest absolute Gasteiger partial charge is 0.151 e. The van der Waals surface area contributed by atoms with Gasteiger partial charge in [-0.15, -0.1) is 21.5 Å². The van der Waals surface area contributed by atoms with E-state index in [1.807, 2.05) is 6.07 Å². The molecule has 0 spiro atoms. The van der Waals surface area contributed by atoms with E-state index in [4.69, 9.17) is 4.74 Å². The molecule has 4 rings (SSSR count). The van der Waals surface area contributed by atoms with Crippen LogP contribution in [0.25, 0.3) is 10.6 Å². The number of hydrogen-bond donors (Lipinski definition) is 0. The molecule has 0 aromatic carbocycles. The van der Waals surface area contributed by atoms with Gasteiger partial charge in [0.25, 0.3) is 0 Å². The molecule has 2 aliphatic rings. The van der Waals surface area contributed by atoms with Gasteiger partial charge in [0.2, 0.25) is 0 Å². The second-order valence-electron chi connectivity index (χ2n) is 6.76. The highest BCUT2D eigenvalue weighted by Crippen LogP contribution is 2.30. The van der Waals surface area contributed by atoms with E-state index in [-0.39, 0.29) is 0 Å². The van der Waals surface area contributed by atoms with Crippen LogP contribution in [-0.4, -0.2) is 60.0 Å². The summed E-state index contributed by atoms with van der Waals surface area (Å²) >= 11 is 5.18. The Balaban J connectivity index is 1.42. The van der Waals surface area contributed by atoms with Crippen molar-refractivity contribution in [3.8, 4) is 10.6 Å². The van der Waals surface area contributed by atoms with E-state index in [1.54, 1.807) is 11.3 Å². The fourth-order valence-corrected chi connectivity index (χ4v) is 5.12. The molecular formula is C18H23BrN4OS. The van der Waals surface area contributed by atoms with E-state index < -0.39 is 0 Å². The number of rotatable bonds is 3. The fourth-order valence-electron chi connectivity index (χ4n) is 3.77. The van der Waals surface area contributed by atoms with Gasteiger partial charge in [-0.2, -0.15) is 0 Å². The molecule has 0 amide bonds. The van der Waals surface area contributed by atoms with Crippen LogP contribution < -0.4 is 4.90 Å². The molecule has 0 aliphatic carbocycles. The van der Waals surface area contributed by atoms with Crippen molar-refractivity contribution in [1.82, 2.24) is 15.1 Å². The molecule has 134 valence electrons. The largest absolute Gasteiger partial charge is 0.381 e. The highest BCUT2D eigenvalue weighted by Gasteiger charge is 2.30. The van der Waals surface area contributed by atoms with Crippen LogP contribution in [0.5, 0.6) is 0 Å². The second kappa shape index (κ2) is 7.70. The minimum absolute atomic E-state index is 0.452. The highest BCUT2D eigenvalue weighted by molar-refractivity contribution is 9.11. The highest BCUT2D eigenvalue weighted by atomic mass is 79.9. The SMILES string of the molecule is C[C@@H]1CN(C2CCOCC2)CCN1c1ccc(-c2ccc(Br)s2)nn1. The molecule has 2 saturated heterocycles. The van der Waals surface area contributed by atoms with E-state index in [2.05, 4.69) is 61.0 Å². The molecule has 0 N–H and O–H groups in total. The third-order valence-corrected chi connectivity index (χ3v) is 6.78. The Kier molecular flexibility index (Phi) is 5.36. The average Bonchev–Trinajstić information content (AvgIpc) is 3.09. The quantitative estimate of drug-likeness (QED) is 0.754. The Morgan fingerprint density at radius 3 is 2.60 bits per heavy atom. The lowest BCUT2D eigenvalue weighted by Crippen LogP contribution is -2.56. The van der Waals surface area contributed by atoms with Crippen LogP contribution in [0.15, 0.2) is 28.1 Å². The number of ether oxygens (including phenoxy) is 1. The number of aromatic nitrogens is 2. The monoisotopic (exact) mass is 422 g/mol. The molecule has 25 heavy (non-hydrogen) atoms. The number of nitrogens with zero attached hydrogens (tertiary/aromatic N) is 4. The lowest BCUT2D eigenvalue weighted by atomic mass is 10.0. The van der Waals surface area contributed by atoms with Crippen molar-refractivity contribution in [3.05, 3.63) is 28.1 Å². The zero-order chi connectivity index (χ0) is 17.2. The van der Waals surface area contributed by atoms with Crippen LogP contribution >= 0.6 is 27.3 Å². The molecule has 4 heterocycles. The second-order valence-corrected chi connectivity index (χ2v) is 9.22. The van der Waals surface area contributed by atoms with Gasteiger partial charge >= 0.3 is 0 Å². The average molecular weight is 423 g/mol. The van der Waals surface area contributed by atoms with Gasteiger partial charge in [-0.1, -0.05) is 0 Å². The van der Waals surface area contributed by atoms with Gasteiger partial charge in [0.05, 0.1) is 8.66 Å². The van der Waals surface area contributed by atoms with E-state index in [0.29, 0.717) is 12.1 Å². The van der Waals surface area contributed by atoms with Gasteiger partial charge < -0.3 is 9.64 Å². The van der Waals surface area contributed by atoms with Crippen LogP contribution in [0.3, 0.4) is 0 Å². The van der Waals surface area contributed by atoms with Crippen molar-refractivity contribution in [2.45, 2.75) is 31.8 Å². The summed E-state index contributed by atoms with van der Waals surface area (Å²) in [5, 5.41) is 8.95. The number of piperazine rings is 1. The van der Waals surface area contributed by atoms with Gasteiger partial charge in [0.15, 0.2) is 5.82 Å². The van der Waals surface area contributed by atoms with Crippen LogP contribution in [0.1, 0.15) is 19.8 Å². The minimum Gasteiger partial charge on any atom is -0.381 e. The molecule has 5 nitrogen and oxygen atoms in total. The molecule has 0 saturated carbocycles. The van der Waals surface area contributed by atoms with E-state index in [9.17, 15) is 0 Å². The zero-order valence-corrected chi connectivity index (χ0v) is 16.8. The first-order valence-electron chi connectivity index (χ1n) is 8.88. The lowest BCUT2D eigenvalue weighted by molar-refractivity contribution is 0.0279. The Morgan fingerprint density at radius 1 is 1.12 bits per heavy atom. The summed E-state index contributed by atoms with van der Waals surface area (Å²) in [4.78, 5) is 6.16. The standard InChI is InChI=1S/C18H23BrN4OS/c1-13-12-22(14-6-10-24-11-7-14)8-9-23(13)18-5-2-15(20-21-18)16-3-4-17(19)25-16/h2-5,13-14H,6-12H2,1H3/t13-/m1/s1. The Labute approximate surface area is 161 Å². The molecular weight excluding hydrogens is 400 g/mol. The Hall–Kier alpha value is -1.02. The third kappa shape index (κ3) is 3.89. The molecule has 2 aromatic heterocycles. The van der Waals surface area contributed by atoms with Crippen molar-refractivity contribution in [3.63, 3.8) is 0 Å². The van der Waals surface area contributed by atoms with Crippen LogP contribution in [0, 0.1) is 0 Å². The van der Waals surface area contributed by atoms with Crippen molar-refractivity contribution in [2.24, 2.45) is 0 Å². The summed E-state index contributed by atoms with van der Waals surface area (Å²) < 4.78 is 6.62. The maximum Gasteiger partial charge on any atom is 0.151 e. The molecule has 2 fully saturated rings. The first-order chi connectivity index (χ1) is 12.2. The van der Waals surface area contributed by atoms with Crippen molar-refractivity contribution < 1.29 is 4.74 Å². The summed E-state index contributed by atoms with van der Waals surface area (Å²) in [6, 6.07) is 9.45. The minimum atomic E-state index is 0.452. The predicted molar refractivity (Wildman–Crippen MR) is 105 cm³/mol. The maximum absolute atomic E-state index is 5.50. The van der Waals surface area contributed by atoms with Crippen molar-refractivity contribution >= 4 is 33.1 Å². The third-order valence-electron chi connectivity index (χ3n) is 5.14. The molecule has 2 aliphatic heterocycles. The van der Waals surface area contributed by atoms with Crippen molar-refractivity contribution in [2.75, 3.05) is 37.7 Å². The molecule has 2 aromatic rings. The molecule has 0 unspecified atom stereocenters. The number of anilines is 1. The molecule has 0 radical (unpaired) electrons. The Bertz CT molecular complexity index is 701. The summed E-state index contributed by atoms with van der Waals surface area (Å²) in [6.07, 6.45) is 2.33. The Morgan fingerprint density at radius 2 is 1.96 bits per heavy atom. The van der Waals surface area contributed by atoms with Crippen LogP contribution in [-0.2, 0) is 4.74 Å². The summed E-state index contributed by atoms with van der Waals surface area (Å²) in [7, 11) is 0. The van der Waals surface area contributed by atoms with Crippen LogP contribution in [0.2, 0.25) is 0 Å². The predicted octanol–water partition coefficient (Wildman–Crippen LogP) is 3.66. The normalized spacial score (nSPS) is 23.1. The lowest BCUT2D eigenvalue weighted by Gasteiger charge is -2.44. The van der Waals surface area contributed by atoms with Gasteiger partial charge in [0, 0.05) is 44.9 Å². The number of halogens is 1. The number of hydrogen-bond acceptors (Lipinski definition) is 6. The number of thiophene rings is 1. The topological polar surface area (TPSA) is 41.5 Å². The first-order valence-corrected chi connectivity index (χ1v) is 10.5. The molecule has 0 bridgehead atoms. The summed E-state index contributed by atoms with van der Waals surface area (Å²) in [6.45, 7) is 7.30. The first kappa shape index (κ1) is 17.4.